The van der Waals surface area contributed by atoms with Gasteiger partial charge in [-0.05, 0) is 31.9 Å². The zero-order chi connectivity index (χ0) is 19.1. The van der Waals surface area contributed by atoms with Gasteiger partial charge in [-0.25, -0.2) is 9.98 Å². The van der Waals surface area contributed by atoms with E-state index in [1.165, 1.54) is 0 Å². The minimum Gasteiger partial charge on any atom is -0.394 e. The first-order valence-electron chi connectivity index (χ1n) is 9.15. The van der Waals surface area contributed by atoms with Gasteiger partial charge in [-0.2, -0.15) is 0 Å². The lowest BCUT2D eigenvalue weighted by atomic mass is 10.1. The molecule has 6 heteroatoms. The Morgan fingerprint density at radius 2 is 2.31 bits per heavy atom. The molecule has 1 aliphatic rings. The van der Waals surface area contributed by atoms with Gasteiger partial charge in [-0.1, -0.05) is 26.5 Å². The van der Waals surface area contributed by atoms with Crippen molar-refractivity contribution < 1.29 is 5.11 Å². The molecule has 26 heavy (non-hydrogen) atoms. The normalized spacial score (nSPS) is 17.6. The zero-order valence-electron chi connectivity index (χ0n) is 15.9. The number of nitrogens with two attached hydrogens (primary N) is 1. The van der Waals surface area contributed by atoms with Crippen LogP contribution in [0.3, 0.4) is 0 Å². The molecule has 2 aromatic rings. The van der Waals surface area contributed by atoms with E-state index >= 15 is 0 Å². The van der Waals surface area contributed by atoms with Crippen molar-refractivity contribution in [2.45, 2.75) is 39.7 Å². The van der Waals surface area contributed by atoms with Gasteiger partial charge in [0.15, 0.2) is 0 Å². The number of allylic oxidation sites excluding steroid dienone is 2. The summed E-state index contributed by atoms with van der Waals surface area (Å²) >= 11 is 0. The number of fused-ring (bicyclic) bond motifs is 1. The van der Waals surface area contributed by atoms with E-state index in [-0.39, 0.29) is 18.5 Å². The molecule has 3 heterocycles. The molecular formula is C20H29N5O. The standard InChI is InChI=1S/C18H23N5O.C2H6/c1-3-5-15(22-12(2)19)14-10-21-18-17(14)16(7-8-20-18)23-9-4-6-13(23)11-24;1-2/h3,5,7-8,10,13,24H,2,4,6,9,11,19H2,1H3,(H,20,21);1-2H3/b5-3-,22-15+;. The maximum atomic E-state index is 9.67. The van der Waals surface area contributed by atoms with Gasteiger partial charge in [0.25, 0.3) is 0 Å². The van der Waals surface area contributed by atoms with Crippen molar-refractivity contribution in [1.82, 2.24) is 9.97 Å². The largest absolute Gasteiger partial charge is 0.394 e. The third kappa shape index (κ3) is 3.96. The summed E-state index contributed by atoms with van der Waals surface area (Å²) < 4.78 is 0. The lowest BCUT2D eigenvalue weighted by Crippen LogP contribution is -2.32. The van der Waals surface area contributed by atoms with Crippen molar-refractivity contribution in [2.24, 2.45) is 10.7 Å². The molecule has 3 rings (SSSR count). The highest BCUT2D eigenvalue weighted by Gasteiger charge is 2.27. The number of hydrogen-bond donors (Lipinski definition) is 3. The summed E-state index contributed by atoms with van der Waals surface area (Å²) in [6.07, 6.45) is 9.58. The van der Waals surface area contributed by atoms with E-state index in [1.54, 1.807) is 6.20 Å². The van der Waals surface area contributed by atoms with Crippen molar-refractivity contribution in [3.8, 4) is 0 Å². The molecule has 0 bridgehead atoms. The van der Waals surface area contributed by atoms with Crippen molar-refractivity contribution in [1.29, 1.82) is 0 Å². The number of aliphatic hydroxyl groups is 1. The second-order valence-electron chi connectivity index (χ2n) is 5.92. The summed E-state index contributed by atoms with van der Waals surface area (Å²) in [4.78, 5) is 14.3. The Morgan fingerprint density at radius 3 is 2.96 bits per heavy atom. The predicted molar refractivity (Wildman–Crippen MR) is 110 cm³/mol. The van der Waals surface area contributed by atoms with Crippen LogP contribution in [-0.4, -0.2) is 40.0 Å². The van der Waals surface area contributed by atoms with E-state index in [4.69, 9.17) is 5.73 Å². The SMILES string of the molecule is C=C(N)/N=C(\C=C/C)c1c[nH]c2nccc(N3CCCC3CO)c12.CC. The molecule has 0 amide bonds. The first-order chi connectivity index (χ1) is 12.7. The van der Waals surface area contributed by atoms with Gasteiger partial charge in [0.2, 0.25) is 0 Å². The number of aliphatic hydroxyl groups excluding tert-OH is 1. The number of rotatable bonds is 5. The summed E-state index contributed by atoms with van der Waals surface area (Å²) in [6.45, 7) is 10.7. The molecule has 0 saturated carbocycles. The lowest BCUT2D eigenvalue weighted by Gasteiger charge is -2.26. The van der Waals surface area contributed by atoms with Gasteiger partial charge in [0, 0.05) is 24.5 Å². The number of H-pyrrole nitrogens is 1. The van der Waals surface area contributed by atoms with Crippen LogP contribution in [0.25, 0.3) is 11.0 Å². The quantitative estimate of drug-likeness (QED) is 0.718. The number of anilines is 1. The average molecular weight is 355 g/mol. The molecule has 1 atom stereocenters. The Labute approximate surface area is 155 Å². The number of aliphatic imine (C=N–C) groups is 1. The molecule has 2 aromatic heterocycles. The Hall–Kier alpha value is -2.60. The molecule has 0 radical (unpaired) electrons. The topological polar surface area (TPSA) is 90.5 Å². The van der Waals surface area contributed by atoms with Crippen molar-refractivity contribution in [3.63, 3.8) is 0 Å². The van der Waals surface area contributed by atoms with Crippen LogP contribution < -0.4 is 10.6 Å². The number of hydrogen-bond acceptors (Lipinski definition) is 5. The van der Waals surface area contributed by atoms with E-state index in [0.717, 1.165) is 47.4 Å². The van der Waals surface area contributed by atoms with E-state index in [9.17, 15) is 5.11 Å². The summed E-state index contributed by atoms with van der Waals surface area (Å²) in [6, 6.07) is 2.14. The van der Waals surface area contributed by atoms with Gasteiger partial charge < -0.3 is 20.7 Å². The predicted octanol–water partition coefficient (Wildman–Crippen LogP) is 3.35. The van der Waals surface area contributed by atoms with Crippen molar-refractivity contribution in [2.75, 3.05) is 18.1 Å². The molecule has 1 saturated heterocycles. The van der Waals surface area contributed by atoms with E-state index in [2.05, 4.69) is 26.4 Å². The highest BCUT2D eigenvalue weighted by Crippen LogP contribution is 2.33. The lowest BCUT2D eigenvalue weighted by molar-refractivity contribution is 0.266. The molecule has 1 aliphatic heterocycles. The smallest absolute Gasteiger partial charge is 0.140 e. The maximum Gasteiger partial charge on any atom is 0.140 e. The summed E-state index contributed by atoms with van der Waals surface area (Å²) in [5.74, 6) is 0.261. The molecule has 0 aliphatic carbocycles. The van der Waals surface area contributed by atoms with Gasteiger partial charge in [0.05, 0.1) is 29.4 Å². The van der Waals surface area contributed by atoms with Crippen molar-refractivity contribution >= 4 is 22.4 Å². The van der Waals surface area contributed by atoms with Crippen LogP contribution in [0, 0.1) is 0 Å². The van der Waals surface area contributed by atoms with Crippen molar-refractivity contribution in [3.05, 3.63) is 48.6 Å². The van der Waals surface area contributed by atoms with E-state index < -0.39 is 0 Å². The molecule has 0 aromatic carbocycles. The second-order valence-corrected chi connectivity index (χ2v) is 5.92. The van der Waals surface area contributed by atoms with Gasteiger partial charge in [-0.3, -0.25) is 0 Å². The molecule has 4 N–H and O–H groups in total. The summed E-state index contributed by atoms with van der Waals surface area (Å²) in [7, 11) is 0. The molecule has 1 unspecified atom stereocenters. The first kappa shape index (κ1) is 19.7. The van der Waals surface area contributed by atoms with Crippen LogP contribution in [0.15, 0.2) is 48.0 Å². The average Bonchev–Trinajstić information content (AvgIpc) is 3.29. The molecular weight excluding hydrogens is 326 g/mol. The van der Waals surface area contributed by atoms with Gasteiger partial charge in [0.1, 0.15) is 11.5 Å². The zero-order valence-corrected chi connectivity index (χ0v) is 15.9. The highest BCUT2D eigenvalue weighted by atomic mass is 16.3. The van der Waals surface area contributed by atoms with Gasteiger partial charge in [-0.15, -0.1) is 0 Å². The Balaban J connectivity index is 0.00000117. The number of aromatic amines is 1. The molecule has 6 nitrogen and oxygen atoms in total. The van der Waals surface area contributed by atoms with Gasteiger partial charge >= 0.3 is 0 Å². The van der Waals surface area contributed by atoms with Crippen LogP contribution >= 0.6 is 0 Å². The maximum absolute atomic E-state index is 9.67. The van der Waals surface area contributed by atoms with E-state index in [1.807, 2.05) is 45.2 Å². The van der Waals surface area contributed by atoms with Crippen LogP contribution in [0.4, 0.5) is 5.69 Å². The molecule has 140 valence electrons. The number of aromatic nitrogens is 2. The number of nitrogens with zero attached hydrogens (tertiary/aromatic N) is 3. The first-order valence-corrected chi connectivity index (χ1v) is 9.15. The third-order valence-electron chi connectivity index (χ3n) is 4.31. The monoisotopic (exact) mass is 355 g/mol. The van der Waals surface area contributed by atoms with Crippen LogP contribution in [0.5, 0.6) is 0 Å². The Kier molecular flexibility index (Phi) is 6.97. The molecule has 1 fully saturated rings. The molecule has 0 spiro atoms. The minimum atomic E-state index is 0.143. The summed E-state index contributed by atoms with van der Waals surface area (Å²) in [5, 5.41) is 10.7. The van der Waals surface area contributed by atoms with Crippen LogP contribution in [0.2, 0.25) is 0 Å². The van der Waals surface area contributed by atoms with E-state index in [0.29, 0.717) is 0 Å². The second kappa shape index (κ2) is 9.20. The fraction of sp³-hybridized carbons (Fsp3) is 0.400. The highest BCUT2D eigenvalue weighted by molar-refractivity contribution is 6.18. The van der Waals surface area contributed by atoms with Crippen LogP contribution in [0.1, 0.15) is 39.2 Å². The fourth-order valence-electron chi connectivity index (χ4n) is 3.32. The Morgan fingerprint density at radius 1 is 1.54 bits per heavy atom. The fourth-order valence-corrected chi connectivity index (χ4v) is 3.32. The number of nitrogens with one attached hydrogen (secondary N) is 1. The third-order valence-corrected chi connectivity index (χ3v) is 4.31. The minimum absolute atomic E-state index is 0.143. The number of pyridine rings is 1. The van der Waals surface area contributed by atoms with Crippen LogP contribution in [-0.2, 0) is 0 Å². The summed E-state index contributed by atoms with van der Waals surface area (Å²) in [5.41, 5.74) is 9.22. The Bertz CT molecular complexity index is 806.